The number of benzene rings is 2. The van der Waals surface area contributed by atoms with Gasteiger partial charge in [0.05, 0.1) is 7.11 Å². The molecule has 160 valence electrons. The molecule has 0 radical (unpaired) electrons. The molecule has 2 aromatic rings. The van der Waals surface area contributed by atoms with Gasteiger partial charge in [0.15, 0.2) is 0 Å². The van der Waals surface area contributed by atoms with E-state index in [0.29, 0.717) is 11.3 Å². The lowest BCUT2D eigenvalue weighted by Gasteiger charge is -2.26. The number of ether oxygens (including phenoxy) is 1. The molecule has 1 fully saturated rings. The molecule has 1 aliphatic rings. The molecular weight excluding hydrogens is 406 g/mol. The molecule has 0 aliphatic carbocycles. The number of sulfonamides is 1. The van der Waals surface area contributed by atoms with Crippen LogP contribution in [0.25, 0.3) is 0 Å². The molecule has 8 nitrogen and oxygen atoms in total. The van der Waals surface area contributed by atoms with Crippen LogP contribution in [0.15, 0.2) is 47.4 Å². The van der Waals surface area contributed by atoms with Gasteiger partial charge >= 0.3 is 0 Å². The summed E-state index contributed by atoms with van der Waals surface area (Å²) in [5.74, 6) is -0.416. The zero-order chi connectivity index (χ0) is 21.7. The van der Waals surface area contributed by atoms with Gasteiger partial charge in [-0.3, -0.25) is 9.59 Å². The Hall–Kier alpha value is -2.91. The summed E-state index contributed by atoms with van der Waals surface area (Å²) in [6.45, 7) is 1.48. The third-order valence-electron chi connectivity index (χ3n) is 4.99. The van der Waals surface area contributed by atoms with Crippen LogP contribution in [0.1, 0.15) is 40.0 Å². The largest absolute Gasteiger partial charge is 0.495 e. The molecule has 0 atom stereocenters. The van der Waals surface area contributed by atoms with Gasteiger partial charge in [-0.15, -0.1) is 0 Å². The van der Waals surface area contributed by atoms with Crippen LogP contribution in [0.4, 0.5) is 5.69 Å². The minimum atomic E-state index is -3.81. The van der Waals surface area contributed by atoms with Crippen LogP contribution in [0.2, 0.25) is 0 Å². The second kappa shape index (κ2) is 9.27. The minimum absolute atomic E-state index is 0.0577. The second-order valence-electron chi connectivity index (χ2n) is 6.96. The van der Waals surface area contributed by atoms with E-state index in [1.807, 2.05) is 4.90 Å². The van der Waals surface area contributed by atoms with Gasteiger partial charge in [0, 0.05) is 29.9 Å². The summed E-state index contributed by atoms with van der Waals surface area (Å²) in [7, 11) is -1.17. The van der Waals surface area contributed by atoms with E-state index in [9.17, 15) is 18.0 Å². The molecule has 30 heavy (non-hydrogen) atoms. The number of carbonyl (C=O) groups is 2. The maximum atomic E-state index is 12.7. The molecule has 9 heteroatoms. The number of likely N-dealkylation sites (tertiary alicyclic amines) is 1. The van der Waals surface area contributed by atoms with Crippen molar-refractivity contribution < 1.29 is 22.7 Å². The SMILES string of the molecule is CNS(=O)(=O)c1cc(C(=O)Nc2cccc(C(=O)N3CCCCC3)c2)ccc1OC. The molecule has 3 rings (SSSR count). The van der Waals surface area contributed by atoms with Crippen molar-refractivity contribution in [2.45, 2.75) is 24.2 Å². The van der Waals surface area contributed by atoms with Crippen LogP contribution in [0.3, 0.4) is 0 Å². The fourth-order valence-corrected chi connectivity index (χ4v) is 4.27. The summed E-state index contributed by atoms with van der Waals surface area (Å²) in [6.07, 6.45) is 3.13. The highest BCUT2D eigenvalue weighted by molar-refractivity contribution is 7.89. The highest BCUT2D eigenvalue weighted by Crippen LogP contribution is 2.25. The molecule has 1 heterocycles. The van der Waals surface area contributed by atoms with Crippen molar-refractivity contribution in [3.63, 3.8) is 0 Å². The van der Waals surface area contributed by atoms with Crippen molar-refractivity contribution in [1.29, 1.82) is 0 Å². The first kappa shape index (κ1) is 21.8. The molecule has 1 aliphatic heterocycles. The number of carbonyl (C=O) groups excluding carboxylic acids is 2. The first-order valence-corrected chi connectivity index (χ1v) is 11.2. The molecule has 0 unspecified atom stereocenters. The second-order valence-corrected chi connectivity index (χ2v) is 8.82. The van der Waals surface area contributed by atoms with Crippen molar-refractivity contribution in [2.24, 2.45) is 0 Å². The lowest BCUT2D eigenvalue weighted by molar-refractivity contribution is 0.0724. The Morgan fingerprint density at radius 2 is 1.73 bits per heavy atom. The van der Waals surface area contributed by atoms with E-state index in [-0.39, 0.29) is 22.1 Å². The number of hydrogen-bond acceptors (Lipinski definition) is 5. The summed E-state index contributed by atoms with van der Waals surface area (Å²) >= 11 is 0. The van der Waals surface area contributed by atoms with Crippen molar-refractivity contribution in [3.8, 4) is 5.75 Å². The lowest BCUT2D eigenvalue weighted by atomic mass is 10.1. The number of anilines is 1. The fraction of sp³-hybridized carbons (Fsp3) is 0.333. The maximum absolute atomic E-state index is 12.7. The summed E-state index contributed by atoms with van der Waals surface area (Å²) in [5, 5.41) is 2.72. The first-order chi connectivity index (χ1) is 14.4. The van der Waals surface area contributed by atoms with Gasteiger partial charge in [-0.25, -0.2) is 13.1 Å². The van der Waals surface area contributed by atoms with Gasteiger partial charge in [0.1, 0.15) is 10.6 Å². The fourth-order valence-electron chi connectivity index (χ4n) is 3.35. The molecular formula is C21H25N3O5S. The van der Waals surface area contributed by atoms with Crippen LogP contribution in [0, 0.1) is 0 Å². The van der Waals surface area contributed by atoms with Gasteiger partial charge in [0.25, 0.3) is 11.8 Å². The van der Waals surface area contributed by atoms with Gasteiger partial charge in [-0.05, 0) is 62.7 Å². The van der Waals surface area contributed by atoms with Crippen molar-refractivity contribution in [3.05, 3.63) is 53.6 Å². The highest BCUT2D eigenvalue weighted by atomic mass is 32.2. The van der Waals surface area contributed by atoms with Gasteiger partial charge < -0.3 is 15.0 Å². The average Bonchev–Trinajstić information content (AvgIpc) is 2.78. The van der Waals surface area contributed by atoms with E-state index in [1.54, 1.807) is 24.3 Å². The van der Waals surface area contributed by atoms with E-state index in [2.05, 4.69) is 10.0 Å². The topological polar surface area (TPSA) is 105 Å². The monoisotopic (exact) mass is 431 g/mol. The summed E-state index contributed by atoms with van der Waals surface area (Å²) in [5.41, 5.74) is 1.11. The minimum Gasteiger partial charge on any atom is -0.495 e. The molecule has 0 bridgehead atoms. The lowest BCUT2D eigenvalue weighted by Crippen LogP contribution is -2.35. The molecule has 0 spiro atoms. The van der Waals surface area contributed by atoms with E-state index < -0.39 is 15.9 Å². The number of rotatable bonds is 6. The van der Waals surface area contributed by atoms with Crippen LogP contribution in [0.5, 0.6) is 5.75 Å². The molecule has 2 N–H and O–H groups in total. The molecule has 0 saturated carbocycles. The van der Waals surface area contributed by atoms with Crippen LogP contribution in [-0.2, 0) is 10.0 Å². The number of piperidine rings is 1. The number of hydrogen-bond donors (Lipinski definition) is 2. The number of amides is 2. The Kier molecular flexibility index (Phi) is 6.73. The Morgan fingerprint density at radius 1 is 1.00 bits per heavy atom. The Morgan fingerprint density at radius 3 is 2.40 bits per heavy atom. The molecule has 0 aromatic heterocycles. The standard InChI is InChI=1S/C21H25N3O5S/c1-22-30(27,28)19-14-15(9-10-18(19)29-2)20(25)23-17-8-6-7-16(13-17)21(26)24-11-4-3-5-12-24/h6-10,13-14,22H,3-5,11-12H2,1-2H3,(H,23,25). The third kappa shape index (κ3) is 4.80. The van der Waals surface area contributed by atoms with Gasteiger partial charge in [-0.1, -0.05) is 6.07 Å². The Bertz CT molecular complexity index is 1050. The Balaban J connectivity index is 1.81. The predicted octanol–water partition coefficient (Wildman–Crippen LogP) is 2.48. The van der Waals surface area contributed by atoms with Crippen LogP contribution in [-0.4, -0.2) is 52.4 Å². The quantitative estimate of drug-likeness (QED) is 0.731. The van der Waals surface area contributed by atoms with E-state index in [0.717, 1.165) is 32.4 Å². The highest BCUT2D eigenvalue weighted by Gasteiger charge is 2.21. The van der Waals surface area contributed by atoms with Gasteiger partial charge in [0.2, 0.25) is 10.0 Å². The number of nitrogens with one attached hydrogen (secondary N) is 2. The molecule has 2 amide bonds. The number of nitrogens with zero attached hydrogens (tertiary/aromatic N) is 1. The molecule has 2 aromatic carbocycles. The zero-order valence-corrected chi connectivity index (χ0v) is 17.8. The van der Waals surface area contributed by atoms with Gasteiger partial charge in [-0.2, -0.15) is 0 Å². The summed E-state index contributed by atoms with van der Waals surface area (Å²) in [4.78, 5) is 27.1. The molecule has 1 saturated heterocycles. The summed E-state index contributed by atoms with van der Waals surface area (Å²) in [6, 6.07) is 10.9. The van der Waals surface area contributed by atoms with Crippen LogP contribution >= 0.6 is 0 Å². The van der Waals surface area contributed by atoms with Crippen LogP contribution < -0.4 is 14.8 Å². The van der Waals surface area contributed by atoms with E-state index in [1.165, 1.54) is 32.4 Å². The van der Waals surface area contributed by atoms with E-state index in [4.69, 9.17) is 4.74 Å². The number of methoxy groups -OCH3 is 1. The normalized spacial score (nSPS) is 14.3. The van der Waals surface area contributed by atoms with Crippen molar-refractivity contribution in [2.75, 3.05) is 32.6 Å². The Labute approximate surface area is 176 Å². The average molecular weight is 432 g/mol. The smallest absolute Gasteiger partial charge is 0.255 e. The summed E-state index contributed by atoms with van der Waals surface area (Å²) < 4.78 is 31.7. The maximum Gasteiger partial charge on any atom is 0.255 e. The first-order valence-electron chi connectivity index (χ1n) is 9.68. The van der Waals surface area contributed by atoms with Crippen molar-refractivity contribution in [1.82, 2.24) is 9.62 Å². The van der Waals surface area contributed by atoms with Crippen molar-refractivity contribution >= 4 is 27.5 Å². The predicted molar refractivity (Wildman–Crippen MR) is 113 cm³/mol. The van der Waals surface area contributed by atoms with E-state index >= 15 is 0 Å². The third-order valence-corrected chi connectivity index (χ3v) is 6.43. The zero-order valence-electron chi connectivity index (χ0n) is 17.0.